The first-order chi connectivity index (χ1) is 17.0. The Hall–Kier alpha value is -2.61. The Morgan fingerprint density at radius 2 is 1.86 bits per heavy atom. The zero-order valence-corrected chi connectivity index (χ0v) is 22.7. The lowest BCUT2D eigenvalue weighted by molar-refractivity contribution is -0.154. The maximum atomic E-state index is 13.9. The molecule has 2 saturated heterocycles. The van der Waals surface area contributed by atoms with E-state index in [0.717, 1.165) is 19.3 Å². The Morgan fingerprint density at radius 3 is 2.47 bits per heavy atom. The number of carbonyl (C=O) groups excluding carboxylic acids is 3. The quantitative estimate of drug-likeness (QED) is 0.546. The predicted octanol–water partition coefficient (Wildman–Crippen LogP) is 3.78. The van der Waals surface area contributed by atoms with E-state index in [9.17, 15) is 14.4 Å². The summed E-state index contributed by atoms with van der Waals surface area (Å²) in [6, 6.07) is 9.30. The molecule has 0 aliphatic carbocycles. The summed E-state index contributed by atoms with van der Waals surface area (Å²) in [5.41, 5.74) is 0.666. The lowest BCUT2D eigenvalue weighted by Crippen LogP contribution is -2.51. The van der Waals surface area contributed by atoms with Crippen molar-refractivity contribution in [2.24, 2.45) is 5.92 Å². The number of nitrogens with one attached hydrogen (secondary N) is 1. The van der Waals surface area contributed by atoms with Crippen molar-refractivity contribution < 1.29 is 23.9 Å². The highest BCUT2D eigenvalue weighted by Crippen LogP contribution is 2.31. The first-order valence-electron chi connectivity index (χ1n) is 13.2. The number of nitrogens with zero attached hydrogens (tertiary/aromatic N) is 2. The summed E-state index contributed by atoms with van der Waals surface area (Å²) in [6.07, 6.45) is 3.14. The number of fused-ring (bicyclic) bond motifs is 1. The molecular formula is C28H43N3O5. The second-order valence-corrected chi connectivity index (χ2v) is 11.5. The number of methoxy groups -OCH3 is 1. The molecule has 8 nitrogen and oxygen atoms in total. The summed E-state index contributed by atoms with van der Waals surface area (Å²) < 4.78 is 10.6. The first-order valence-corrected chi connectivity index (χ1v) is 13.2. The van der Waals surface area contributed by atoms with E-state index in [1.807, 2.05) is 52.8 Å². The molecule has 2 aliphatic rings. The highest BCUT2D eigenvalue weighted by molar-refractivity contribution is 5.88. The highest BCUT2D eigenvalue weighted by Gasteiger charge is 2.47. The SMILES string of the molecule is COC(=O)[C@@H](CC(C)C)N1CCC(CCc2ccccc2)N2C[C@H](NC(=O)OC(C)(C)C)C[C@H]2C1=O. The lowest BCUT2D eigenvalue weighted by atomic mass is 10.00. The number of hydrogen-bond acceptors (Lipinski definition) is 6. The van der Waals surface area contributed by atoms with Gasteiger partial charge in [0, 0.05) is 25.2 Å². The molecule has 3 rings (SSSR count). The maximum Gasteiger partial charge on any atom is 0.407 e. The van der Waals surface area contributed by atoms with Crippen LogP contribution in [0, 0.1) is 5.92 Å². The summed E-state index contributed by atoms with van der Waals surface area (Å²) >= 11 is 0. The first kappa shape index (κ1) is 28.0. The van der Waals surface area contributed by atoms with Crippen LogP contribution in [0.2, 0.25) is 0 Å². The molecule has 1 unspecified atom stereocenters. The van der Waals surface area contributed by atoms with Gasteiger partial charge in [0.1, 0.15) is 11.6 Å². The molecule has 0 bridgehead atoms. The number of esters is 1. The number of ether oxygens (including phenoxy) is 2. The van der Waals surface area contributed by atoms with E-state index < -0.39 is 23.8 Å². The van der Waals surface area contributed by atoms with Crippen LogP contribution < -0.4 is 5.32 Å². The van der Waals surface area contributed by atoms with Crippen LogP contribution in [-0.2, 0) is 25.5 Å². The predicted molar refractivity (Wildman–Crippen MR) is 138 cm³/mol. The van der Waals surface area contributed by atoms with Gasteiger partial charge in [0.25, 0.3) is 0 Å². The fraction of sp³-hybridized carbons (Fsp3) is 0.679. The third-order valence-electron chi connectivity index (χ3n) is 6.95. The van der Waals surface area contributed by atoms with Crippen molar-refractivity contribution >= 4 is 18.0 Å². The van der Waals surface area contributed by atoms with E-state index in [-0.39, 0.29) is 29.9 Å². The van der Waals surface area contributed by atoms with Crippen LogP contribution in [0.3, 0.4) is 0 Å². The molecule has 200 valence electrons. The number of amides is 2. The van der Waals surface area contributed by atoms with Crippen LogP contribution in [0.5, 0.6) is 0 Å². The molecule has 2 amide bonds. The van der Waals surface area contributed by atoms with Crippen LogP contribution in [-0.4, -0.2) is 77.7 Å². The molecule has 36 heavy (non-hydrogen) atoms. The van der Waals surface area contributed by atoms with Gasteiger partial charge in [0.2, 0.25) is 5.91 Å². The summed E-state index contributed by atoms with van der Waals surface area (Å²) in [5.74, 6) is -0.185. The van der Waals surface area contributed by atoms with Crippen LogP contribution in [0.25, 0.3) is 0 Å². The van der Waals surface area contributed by atoms with Gasteiger partial charge < -0.3 is 19.7 Å². The van der Waals surface area contributed by atoms with Gasteiger partial charge in [-0.15, -0.1) is 0 Å². The zero-order chi connectivity index (χ0) is 26.5. The highest BCUT2D eigenvalue weighted by atomic mass is 16.6. The molecule has 0 spiro atoms. The Kier molecular flexibility index (Phi) is 9.39. The van der Waals surface area contributed by atoms with Crippen molar-refractivity contribution in [2.75, 3.05) is 20.2 Å². The molecule has 2 heterocycles. The summed E-state index contributed by atoms with van der Waals surface area (Å²) in [4.78, 5) is 43.1. The van der Waals surface area contributed by atoms with Crippen molar-refractivity contribution in [3.05, 3.63) is 35.9 Å². The fourth-order valence-electron chi connectivity index (χ4n) is 5.37. The van der Waals surface area contributed by atoms with Gasteiger partial charge in [-0.05, 0) is 64.4 Å². The van der Waals surface area contributed by atoms with Gasteiger partial charge in [-0.1, -0.05) is 44.2 Å². The van der Waals surface area contributed by atoms with E-state index in [1.54, 1.807) is 4.90 Å². The van der Waals surface area contributed by atoms with Crippen molar-refractivity contribution in [1.29, 1.82) is 0 Å². The van der Waals surface area contributed by atoms with E-state index in [1.165, 1.54) is 12.7 Å². The van der Waals surface area contributed by atoms with E-state index >= 15 is 0 Å². The minimum Gasteiger partial charge on any atom is -0.467 e. The van der Waals surface area contributed by atoms with Gasteiger partial charge in [0.15, 0.2) is 0 Å². The third kappa shape index (κ3) is 7.45. The second kappa shape index (κ2) is 12.1. The Morgan fingerprint density at radius 1 is 1.17 bits per heavy atom. The normalized spacial score (nSPS) is 23.7. The lowest BCUT2D eigenvalue weighted by Gasteiger charge is -2.32. The molecule has 2 fully saturated rings. The number of aryl methyl sites for hydroxylation is 1. The van der Waals surface area contributed by atoms with Crippen molar-refractivity contribution in [3.63, 3.8) is 0 Å². The molecule has 0 aromatic heterocycles. The molecular weight excluding hydrogens is 458 g/mol. The summed E-state index contributed by atoms with van der Waals surface area (Å²) in [7, 11) is 1.38. The van der Waals surface area contributed by atoms with Gasteiger partial charge in [-0.2, -0.15) is 0 Å². The molecule has 1 aromatic carbocycles. The topological polar surface area (TPSA) is 88.2 Å². The largest absolute Gasteiger partial charge is 0.467 e. The minimum absolute atomic E-state index is 0.0539. The number of carbonyl (C=O) groups is 3. The Bertz CT molecular complexity index is 898. The number of hydrogen-bond donors (Lipinski definition) is 1. The molecule has 1 N–H and O–H groups in total. The Labute approximate surface area is 215 Å². The molecule has 1 aromatic rings. The Balaban J connectivity index is 1.82. The van der Waals surface area contributed by atoms with Crippen LogP contribution >= 0.6 is 0 Å². The fourth-order valence-corrected chi connectivity index (χ4v) is 5.37. The van der Waals surface area contributed by atoms with Crippen molar-refractivity contribution in [3.8, 4) is 0 Å². The smallest absolute Gasteiger partial charge is 0.407 e. The third-order valence-corrected chi connectivity index (χ3v) is 6.95. The summed E-state index contributed by atoms with van der Waals surface area (Å²) in [5, 5.41) is 2.97. The van der Waals surface area contributed by atoms with Gasteiger partial charge in [-0.3, -0.25) is 9.69 Å². The van der Waals surface area contributed by atoms with Crippen LogP contribution in [0.4, 0.5) is 4.79 Å². The molecule has 0 saturated carbocycles. The van der Waals surface area contributed by atoms with Crippen molar-refractivity contribution in [1.82, 2.24) is 15.1 Å². The average Bonchev–Trinajstić information content (AvgIpc) is 3.16. The second-order valence-electron chi connectivity index (χ2n) is 11.5. The van der Waals surface area contributed by atoms with Gasteiger partial charge >= 0.3 is 12.1 Å². The van der Waals surface area contributed by atoms with Gasteiger partial charge in [-0.25, -0.2) is 9.59 Å². The molecule has 2 aliphatic heterocycles. The maximum absolute atomic E-state index is 13.9. The molecule has 8 heteroatoms. The molecule has 4 atom stereocenters. The number of alkyl carbamates (subject to hydrolysis) is 1. The molecule has 0 radical (unpaired) electrons. The monoisotopic (exact) mass is 501 g/mol. The van der Waals surface area contributed by atoms with Crippen molar-refractivity contribution in [2.45, 2.75) is 96.5 Å². The van der Waals surface area contributed by atoms with E-state index in [4.69, 9.17) is 9.47 Å². The van der Waals surface area contributed by atoms with Crippen LogP contribution in [0.1, 0.15) is 65.9 Å². The average molecular weight is 502 g/mol. The number of rotatable bonds is 8. The zero-order valence-electron chi connectivity index (χ0n) is 22.7. The summed E-state index contributed by atoms with van der Waals surface area (Å²) in [6.45, 7) is 10.7. The van der Waals surface area contributed by atoms with Crippen LogP contribution in [0.15, 0.2) is 30.3 Å². The van der Waals surface area contributed by atoms with E-state index in [2.05, 4.69) is 22.3 Å². The van der Waals surface area contributed by atoms with Gasteiger partial charge in [0.05, 0.1) is 13.2 Å². The van der Waals surface area contributed by atoms with E-state index in [0.29, 0.717) is 25.9 Å². The standard InChI is InChI=1S/C28H43N3O5/c1-19(2)16-24(26(33)35-6)30-15-14-22(13-12-20-10-8-7-9-11-20)31-18-21(17-23(31)25(30)32)29-27(34)36-28(3,4)5/h7-11,19,21-24H,12-18H2,1-6H3,(H,29,34)/t21-,22?,23+,24-/m1/s1. The number of benzene rings is 1. The minimum atomic E-state index is -0.602.